The Labute approximate surface area is 142 Å². The van der Waals surface area contributed by atoms with Gasteiger partial charge in [0.15, 0.2) is 0 Å². The molecule has 0 saturated carbocycles. The highest BCUT2D eigenvalue weighted by Gasteiger charge is 2.33. The minimum Gasteiger partial charge on any atom is -0.355 e. The Balaban J connectivity index is 1.71. The summed E-state index contributed by atoms with van der Waals surface area (Å²) in [6.45, 7) is 4.79. The summed E-state index contributed by atoms with van der Waals surface area (Å²) in [6, 6.07) is 4.04. The van der Waals surface area contributed by atoms with Crippen molar-refractivity contribution in [3.05, 3.63) is 29.7 Å². The van der Waals surface area contributed by atoms with Gasteiger partial charge in [0.1, 0.15) is 17.3 Å². The molecular formula is C15H18F3N5S. The maximum Gasteiger partial charge on any atom is 0.433 e. The van der Waals surface area contributed by atoms with Gasteiger partial charge < -0.3 is 9.80 Å². The van der Waals surface area contributed by atoms with Crippen LogP contribution in [-0.2, 0) is 12.6 Å². The highest BCUT2D eigenvalue weighted by molar-refractivity contribution is 7.09. The molecule has 24 heavy (non-hydrogen) atoms. The van der Waals surface area contributed by atoms with Crippen LogP contribution in [0, 0.1) is 0 Å². The van der Waals surface area contributed by atoms with E-state index in [0.29, 0.717) is 25.5 Å². The van der Waals surface area contributed by atoms with E-state index in [1.165, 1.54) is 17.6 Å². The van der Waals surface area contributed by atoms with Gasteiger partial charge in [-0.2, -0.15) is 17.5 Å². The first-order valence-electron chi connectivity index (χ1n) is 7.84. The lowest BCUT2D eigenvalue weighted by atomic mass is 10.3. The van der Waals surface area contributed by atoms with Gasteiger partial charge in [0.2, 0.25) is 5.13 Å². The SMILES string of the molecule is CCc1nsc(N2CCCN(c3cccc(C(F)(F)F)n3)CC2)n1. The summed E-state index contributed by atoms with van der Waals surface area (Å²) in [7, 11) is 0. The summed E-state index contributed by atoms with van der Waals surface area (Å²) in [6.07, 6.45) is -2.79. The van der Waals surface area contributed by atoms with Gasteiger partial charge in [-0.25, -0.2) is 9.97 Å². The van der Waals surface area contributed by atoms with Crippen molar-refractivity contribution in [2.24, 2.45) is 0 Å². The first-order valence-corrected chi connectivity index (χ1v) is 8.61. The molecule has 3 heterocycles. The average molecular weight is 357 g/mol. The molecule has 0 spiro atoms. The van der Waals surface area contributed by atoms with Gasteiger partial charge in [0.05, 0.1) is 0 Å². The third-order valence-electron chi connectivity index (χ3n) is 3.89. The van der Waals surface area contributed by atoms with Crippen LogP contribution in [-0.4, -0.2) is 40.5 Å². The molecular weight excluding hydrogens is 339 g/mol. The smallest absolute Gasteiger partial charge is 0.355 e. The lowest BCUT2D eigenvalue weighted by molar-refractivity contribution is -0.141. The van der Waals surface area contributed by atoms with E-state index in [1.807, 2.05) is 11.8 Å². The number of pyridine rings is 1. The van der Waals surface area contributed by atoms with Crippen LogP contribution in [0.3, 0.4) is 0 Å². The number of halogens is 3. The quantitative estimate of drug-likeness (QED) is 0.844. The van der Waals surface area contributed by atoms with Gasteiger partial charge in [-0.05, 0) is 18.6 Å². The van der Waals surface area contributed by atoms with Crippen LogP contribution in [0.2, 0.25) is 0 Å². The molecule has 0 aliphatic carbocycles. The molecule has 0 atom stereocenters. The Morgan fingerprint density at radius 2 is 1.83 bits per heavy atom. The predicted octanol–water partition coefficient (Wildman–Crippen LogP) is 3.23. The third kappa shape index (κ3) is 3.77. The zero-order valence-electron chi connectivity index (χ0n) is 13.3. The fraction of sp³-hybridized carbons (Fsp3) is 0.533. The van der Waals surface area contributed by atoms with Gasteiger partial charge in [0.25, 0.3) is 0 Å². The molecule has 1 saturated heterocycles. The number of nitrogens with zero attached hydrogens (tertiary/aromatic N) is 5. The number of rotatable bonds is 3. The molecule has 1 aliphatic rings. The second-order valence-electron chi connectivity index (χ2n) is 5.55. The first kappa shape index (κ1) is 16.9. The van der Waals surface area contributed by atoms with Crippen LogP contribution >= 0.6 is 11.5 Å². The Bertz CT molecular complexity index is 688. The molecule has 1 aliphatic heterocycles. The topological polar surface area (TPSA) is 45.2 Å². The van der Waals surface area contributed by atoms with Crippen LogP contribution < -0.4 is 9.80 Å². The maximum absolute atomic E-state index is 12.8. The predicted molar refractivity (Wildman–Crippen MR) is 87.6 cm³/mol. The molecule has 0 bridgehead atoms. The summed E-state index contributed by atoms with van der Waals surface area (Å²) in [5, 5.41) is 0.880. The standard InChI is InChI=1S/C15H18F3N5S/c1-2-12-20-14(24-21-12)23-8-4-7-22(9-10-23)13-6-3-5-11(19-13)15(16,17)18/h3,5-6H,2,4,7-10H2,1H3. The highest BCUT2D eigenvalue weighted by Crippen LogP contribution is 2.29. The first-order chi connectivity index (χ1) is 11.5. The summed E-state index contributed by atoms with van der Waals surface area (Å²) in [5.74, 6) is 1.20. The van der Waals surface area contributed by atoms with Gasteiger partial charge in [-0.3, -0.25) is 0 Å². The second kappa shape index (κ2) is 6.92. The molecule has 0 amide bonds. The highest BCUT2D eigenvalue weighted by atomic mass is 32.1. The average Bonchev–Trinajstić information content (AvgIpc) is 2.91. The molecule has 9 heteroatoms. The van der Waals surface area contributed by atoms with Gasteiger partial charge in [0, 0.05) is 44.1 Å². The zero-order valence-corrected chi connectivity index (χ0v) is 14.1. The van der Waals surface area contributed by atoms with Crippen molar-refractivity contribution >= 4 is 22.5 Å². The number of aromatic nitrogens is 3. The van der Waals surface area contributed by atoms with E-state index < -0.39 is 11.9 Å². The Morgan fingerprint density at radius 1 is 1.08 bits per heavy atom. The van der Waals surface area contributed by atoms with Crippen LogP contribution in [0.25, 0.3) is 0 Å². The summed E-state index contributed by atoms with van der Waals surface area (Å²) >= 11 is 1.37. The van der Waals surface area contributed by atoms with E-state index in [0.717, 1.165) is 36.4 Å². The third-order valence-corrected chi connectivity index (χ3v) is 4.70. The monoisotopic (exact) mass is 357 g/mol. The molecule has 130 valence electrons. The van der Waals surface area contributed by atoms with Crippen molar-refractivity contribution < 1.29 is 13.2 Å². The maximum atomic E-state index is 12.8. The molecule has 0 unspecified atom stereocenters. The van der Waals surface area contributed by atoms with Crippen LogP contribution in [0.1, 0.15) is 24.9 Å². The van der Waals surface area contributed by atoms with Crippen molar-refractivity contribution in [3.8, 4) is 0 Å². The molecule has 3 rings (SSSR count). The molecule has 5 nitrogen and oxygen atoms in total. The van der Waals surface area contributed by atoms with E-state index in [9.17, 15) is 13.2 Å². The van der Waals surface area contributed by atoms with Gasteiger partial charge in [-0.15, -0.1) is 0 Å². The fourth-order valence-corrected chi connectivity index (χ4v) is 3.41. The number of hydrogen-bond acceptors (Lipinski definition) is 6. The van der Waals surface area contributed by atoms with Crippen molar-refractivity contribution in [2.45, 2.75) is 25.9 Å². The van der Waals surface area contributed by atoms with Crippen LogP contribution in [0.15, 0.2) is 18.2 Å². The number of aryl methyl sites for hydroxylation is 1. The molecule has 0 radical (unpaired) electrons. The Kier molecular flexibility index (Phi) is 4.88. The largest absolute Gasteiger partial charge is 0.433 e. The normalized spacial score (nSPS) is 16.3. The zero-order chi connectivity index (χ0) is 17.2. The van der Waals surface area contributed by atoms with Gasteiger partial charge in [-0.1, -0.05) is 13.0 Å². The van der Waals surface area contributed by atoms with E-state index in [2.05, 4.69) is 19.2 Å². The Morgan fingerprint density at radius 3 is 2.54 bits per heavy atom. The summed E-state index contributed by atoms with van der Waals surface area (Å²) in [5.41, 5.74) is -0.849. The molecule has 2 aromatic rings. The number of alkyl halides is 3. The number of hydrogen-bond donors (Lipinski definition) is 0. The van der Waals surface area contributed by atoms with Crippen molar-refractivity contribution in [2.75, 3.05) is 36.0 Å². The van der Waals surface area contributed by atoms with Crippen molar-refractivity contribution in [1.82, 2.24) is 14.3 Å². The van der Waals surface area contributed by atoms with Crippen LogP contribution in [0.4, 0.5) is 24.1 Å². The Hall–Kier alpha value is -1.90. The number of anilines is 2. The van der Waals surface area contributed by atoms with E-state index in [1.54, 1.807) is 6.07 Å². The molecule has 2 aromatic heterocycles. The van der Waals surface area contributed by atoms with E-state index in [-0.39, 0.29) is 0 Å². The molecule has 0 N–H and O–H groups in total. The minimum atomic E-state index is -4.42. The van der Waals surface area contributed by atoms with Crippen molar-refractivity contribution in [1.29, 1.82) is 0 Å². The second-order valence-corrected chi connectivity index (χ2v) is 6.28. The van der Waals surface area contributed by atoms with Crippen LogP contribution in [0.5, 0.6) is 0 Å². The lowest BCUT2D eigenvalue weighted by Crippen LogP contribution is -2.31. The molecule has 1 fully saturated rings. The van der Waals surface area contributed by atoms with E-state index in [4.69, 9.17) is 0 Å². The van der Waals surface area contributed by atoms with Crippen molar-refractivity contribution in [3.63, 3.8) is 0 Å². The lowest BCUT2D eigenvalue weighted by Gasteiger charge is -2.23. The van der Waals surface area contributed by atoms with E-state index >= 15 is 0 Å². The van der Waals surface area contributed by atoms with Gasteiger partial charge >= 0.3 is 6.18 Å². The summed E-state index contributed by atoms with van der Waals surface area (Å²) < 4.78 is 42.8. The fourth-order valence-electron chi connectivity index (χ4n) is 2.61. The minimum absolute atomic E-state index is 0.373. The summed E-state index contributed by atoms with van der Waals surface area (Å²) in [4.78, 5) is 12.3. The molecule has 0 aromatic carbocycles.